The van der Waals surface area contributed by atoms with Crippen molar-refractivity contribution in [3.05, 3.63) is 23.2 Å². The number of hydrogen-bond acceptors (Lipinski definition) is 5. The molecule has 9 heteroatoms. The summed E-state index contributed by atoms with van der Waals surface area (Å²) in [6.45, 7) is 0.578. The summed E-state index contributed by atoms with van der Waals surface area (Å²) in [6.07, 6.45) is 0.0121. The lowest BCUT2D eigenvalue weighted by atomic mass is 10.1. The van der Waals surface area contributed by atoms with Crippen LogP contribution in [0.5, 0.6) is 5.75 Å². The zero-order valence-corrected chi connectivity index (χ0v) is 14.9. The maximum atomic E-state index is 12.8. The molecule has 2 saturated heterocycles. The predicted molar refractivity (Wildman–Crippen MR) is 92.4 cm³/mol. The third kappa shape index (κ3) is 3.47. The second kappa shape index (κ2) is 7.51. The monoisotopic (exact) mass is 382 g/mol. The summed E-state index contributed by atoms with van der Waals surface area (Å²) in [4.78, 5) is 39.4. The molecule has 2 fully saturated rings. The van der Waals surface area contributed by atoms with Crippen LogP contribution in [0.3, 0.4) is 0 Å². The Morgan fingerprint density at radius 2 is 2.15 bits per heavy atom. The van der Waals surface area contributed by atoms with Gasteiger partial charge in [-0.2, -0.15) is 0 Å². The molecule has 140 valence electrons. The average molecular weight is 383 g/mol. The number of carbonyl (C=O) groups excluding carboxylic acids is 2. The number of benzene rings is 1. The molecular formula is C17H19ClN2O6. The predicted octanol–water partition coefficient (Wildman–Crippen LogP) is 1.01. The van der Waals surface area contributed by atoms with Gasteiger partial charge in [0.25, 0.3) is 0 Å². The van der Waals surface area contributed by atoms with E-state index in [9.17, 15) is 19.5 Å². The summed E-state index contributed by atoms with van der Waals surface area (Å²) in [5.41, 5.74) is 0.497. The number of carboxylic acid groups (broad SMARTS) is 1. The van der Waals surface area contributed by atoms with Crippen molar-refractivity contribution in [2.75, 3.05) is 38.3 Å². The Hall–Kier alpha value is -2.32. The van der Waals surface area contributed by atoms with Gasteiger partial charge in [0.2, 0.25) is 11.8 Å². The molecule has 0 bridgehead atoms. The van der Waals surface area contributed by atoms with Crippen LogP contribution in [0.4, 0.5) is 5.69 Å². The number of ether oxygens (including phenoxy) is 2. The molecule has 0 aromatic heterocycles. The number of nitrogens with zero attached hydrogens (tertiary/aromatic N) is 2. The Bertz CT molecular complexity index is 740. The third-order valence-electron chi connectivity index (χ3n) is 4.60. The molecule has 26 heavy (non-hydrogen) atoms. The highest BCUT2D eigenvalue weighted by Gasteiger charge is 2.42. The molecule has 2 heterocycles. The fraction of sp³-hybridized carbons (Fsp3) is 0.471. The molecule has 1 N–H and O–H groups in total. The van der Waals surface area contributed by atoms with Gasteiger partial charge in [-0.15, -0.1) is 0 Å². The Balaban J connectivity index is 1.80. The molecule has 2 aliphatic heterocycles. The summed E-state index contributed by atoms with van der Waals surface area (Å²) >= 11 is 6.03. The number of carboxylic acids is 1. The van der Waals surface area contributed by atoms with E-state index in [1.54, 1.807) is 18.2 Å². The van der Waals surface area contributed by atoms with Crippen molar-refractivity contribution in [2.45, 2.75) is 12.5 Å². The Morgan fingerprint density at radius 1 is 1.38 bits per heavy atom. The highest BCUT2D eigenvalue weighted by atomic mass is 35.5. The van der Waals surface area contributed by atoms with Crippen LogP contribution in [0.25, 0.3) is 0 Å². The van der Waals surface area contributed by atoms with Gasteiger partial charge < -0.3 is 24.4 Å². The van der Waals surface area contributed by atoms with E-state index in [1.165, 1.54) is 16.9 Å². The topological polar surface area (TPSA) is 96.4 Å². The van der Waals surface area contributed by atoms with E-state index >= 15 is 0 Å². The molecule has 0 spiro atoms. The summed E-state index contributed by atoms with van der Waals surface area (Å²) in [5.74, 6) is -1.84. The van der Waals surface area contributed by atoms with Crippen LogP contribution in [0.1, 0.15) is 6.42 Å². The van der Waals surface area contributed by atoms with Crippen molar-refractivity contribution in [3.8, 4) is 5.75 Å². The van der Waals surface area contributed by atoms with Gasteiger partial charge in [-0.25, -0.2) is 4.79 Å². The molecule has 2 unspecified atom stereocenters. The zero-order chi connectivity index (χ0) is 18.8. The van der Waals surface area contributed by atoms with Crippen molar-refractivity contribution in [1.82, 2.24) is 4.90 Å². The normalized spacial score (nSPS) is 23.2. The molecule has 2 amide bonds. The van der Waals surface area contributed by atoms with Crippen molar-refractivity contribution < 1.29 is 29.0 Å². The molecule has 2 atom stereocenters. The van der Waals surface area contributed by atoms with Crippen LogP contribution in [-0.2, 0) is 19.1 Å². The quantitative estimate of drug-likeness (QED) is 0.835. The first-order chi connectivity index (χ1) is 12.4. The van der Waals surface area contributed by atoms with Crippen LogP contribution in [0, 0.1) is 5.92 Å². The number of rotatable bonds is 4. The summed E-state index contributed by atoms with van der Waals surface area (Å²) in [5, 5.41) is 9.75. The van der Waals surface area contributed by atoms with E-state index in [-0.39, 0.29) is 44.5 Å². The molecular weight excluding hydrogens is 364 g/mol. The van der Waals surface area contributed by atoms with Crippen molar-refractivity contribution in [1.29, 1.82) is 0 Å². The number of anilines is 1. The van der Waals surface area contributed by atoms with Gasteiger partial charge >= 0.3 is 5.97 Å². The largest absolute Gasteiger partial charge is 0.495 e. The van der Waals surface area contributed by atoms with Crippen LogP contribution >= 0.6 is 11.6 Å². The van der Waals surface area contributed by atoms with Crippen molar-refractivity contribution >= 4 is 35.1 Å². The molecule has 1 aromatic rings. The molecule has 0 saturated carbocycles. The number of morpholine rings is 1. The number of methoxy groups -OCH3 is 1. The van der Waals surface area contributed by atoms with E-state index < -0.39 is 17.9 Å². The lowest BCUT2D eigenvalue weighted by molar-refractivity contribution is -0.160. The smallest absolute Gasteiger partial charge is 0.328 e. The molecule has 2 aliphatic rings. The lowest BCUT2D eigenvalue weighted by Crippen LogP contribution is -2.54. The van der Waals surface area contributed by atoms with Crippen LogP contribution in [0.2, 0.25) is 5.02 Å². The molecule has 8 nitrogen and oxygen atoms in total. The first kappa shape index (κ1) is 18.5. The average Bonchev–Trinajstić information content (AvgIpc) is 3.02. The van der Waals surface area contributed by atoms with Crippen LogP contribution in [-0.4, -0.2) is 67.2 Å². The van der Waals surface area contributed by atoms with Gasteiger partial charge in [-0.05, 0) is 18.2 Å². The van der Waals surface area contributed by atoms with Crippen molar-refractivity contribution in [2.24, 2.45) is 5.92 Å². The van der Waals surface area contributed by atoms with Gasteiger partial charge in [0.05, 0.1) is 31.9 Å². The van der Waals surface area contributed by atoms with E-state index in [0.29, 0.717) is 16.5 Å². The minimum Gasteiger partial charge on any atom is -0.495 e. The minimum atomic E-state index is -1.12. The van der Waals surface area contributed by atoms with E-state index in [0.717, 1.165) is 0 Å². The Kier molecular flexibility index (Phi) is 5.33. The first-order valence-electron chi connectivity index (χ1n) is 8.17. The van der Waals surface area contributed by atoms with Crippen LogP contribution in [0.15, 0.2) is 18.2 Å². The molecule has 1 aromatic carbocycles. The minimum absolute atomic E-state index is 0.0121. The highest BCUT2D eigenvalue weighted by molar-refractivity contribution is 6.31. The van der Waals surface area contributed by atoms with Gasteiger partial charge in [0, 0.05) is 24.5 Å². The Labute approximate surface area is 155 Å². The SMILES string of the molecule is COc1ccc(Cl)cc1N1CC(C(=O)N2CCOCC2C(=O)O)CC1=O. The van der Waals surface area contributed by atoms with E-state index in [4.69, 9.17) is 21.1 Å². The van der Waals surface area contributed by atoms with Gasteiger partial charge in [-0.3, -0.25) is 9.59 Å². The number of halogens is 1. The third-order valence-corrected chi connectivity index (χ3v) is 4.84. The maximum Gasteiger partial charge on any atom is 0.328 e. The first-order valence-corrected chi connectivity index (χ1v) is 8.55. The van der Waals surface area contributed by atoms with Crippen molar-refractivity contribution in [3.63, 3.8) is 0 Å². The highest BCUT2D eigenvalue weighted by Crippen LogP contribution is 2.35. The van der Waals surface area contributed by atoms with Crippen LogP contribution < -0.4 is 9.64 Å². The fourth-order valence-corrected chi connectivity index (χ4v) is 3.45. The number of carbonyl (C=O) groups is 3. The number of amides is 2. The summed E-state index contributed by atoms with van der Waals surface area (Å²) < 4.78 is 10.4. The standard InChI is InChI=1S/C17H19ClN2O6/c1-25-14-3-2-11(18)7-12(14)20-8-10(6-15(20)21)16(22)19-4-5-26-9-13(19)17(23)24/h2-3,7,10,13H,4-6,8-9H2,1H3,(H,23,24). The van der Waals surface area contributed by atoms with Gasteiger partial charge in [0.15, 0.2) is 6.04 Å². The molecule has 0 radical (unpaired) electrons. The zero-order valence-electron chi connectivity index (χ0n) is 14.2. The van der Waals surface area contributed by atoms with E-state index in [2.05, 4.69) is 0 Å². The lowest BCUT2D eigenvalue weighted by Gasteiger charge is -2.34. The number of aliphatic carboxylic acids is 1. The second-order valence-electron chi connectivity index (χ2n) is 6.18. The summed E-state index contributed by atoms with van der Waals surface area (Å²) in [6, 6.07) is 3.89. The number of hydrogen-bond donors (Lipinski definition) is 1. The molecule has 0 aliphatic carbocycles. The van der Waals surface area contributed by atoms with E-state index in [1.807, 2.05) is 0 Å². The Morgan fingerprint density at radius 3 is 2.85 bits per heavy atom. The van der Waals surface area contributed by atoms with Gasteiger partial charge in [0.1, 0.15) is 5.75 Å². The summed E-state index contributed by atoms with van der Waals surface area (Å²) in [7, 11) is 1.49. The maximum absolute atomic E-state index is 12.8. The molecule has 3 rings (SSSR count). The van der Waals surface area contributed by atoms with Gasteiger partial charge in [-0.1, -0.05) is 11.6 Å². The fourth-order valence-electron chi connectivity index (χ4n) is 3.29. The second-order valence-corrected chi connectivity index (χ2v) is 6.62.